The molecular weight excluding hydrogens is 318 g/mol. The predicted molar refractivity (Wildman–Crippen MR) is 87.6 cm³/mol. The minimum atomic E-state index is -0.736. The van der Waals surface area contributed by atoms with Crippen LogP contribution in [-0.4, -0.2) is 43.5 Å². The lowest BCUT2D eigenvalue weighted by atomic mass is 10.2. The molecule has 0 saturated carbocycles. The molecule has 0 radical (unpaired) electrons. The molecule has 0 heterocycles. The zero-order chi connectivity index (χ0) is 17.9. The number of amides is 1. The van der Waals surface area contributed by atoms with Crippen LogP contribution in [0.3, 0.4) is 0 Å². The van der Waals surface area contributed by atoms with Gasteiger partial charge in [-0.15, -0.1) is 0 Å². The summed E-state index contributed by atoms with van der Waals surface area (Å²) in [5.41, 5.74) is 0.0975. The van der Waals surface area contributed by atoms with Gasteiger partial charge < -0.3 is 10.1 Å². The van der Waals surface area contributed by atoms with Gasteiger partial charge in [0.1, 0.15) is 11.6 Å². The van der Waals surface area contributed by atoms with Crippen LogP contribution in [0.5, 0.6) is 0 Å². The first-order valence-electron chi connectivity index (χ1n) is 8.00. The van der Waals surface area contributed by atoms with E-state index >= 15 is 0 Å². The Labute approximate surface area is 141 Å². The lowest BCUT2D eigenvalue weighted by molar-refractivity contribution is -0.143. The van der Waals surface area contributed by atoms with Gasteiger partial charge in [0.25, 0.3) is 0 Å². The Kier molecular flexibility index (Phi) is 8.93. The SMILES string of the molecule is CCOC(=O)CCCCCN(C)CC(=O)Nc1cc(F)cc(F)c1. The van der Waals surface area contributed by atoms with Gasteiger partial charge in [0.2, 0.25) is 5.91 Å². The minimum absolute atomic E-state index is 0.0975. The fraction of sp³-hybridized carbons (Fsp3) is 0.529. The molecule has 0 aliphatic carbocycles. The lowest BCUT2D eigenvalue weighted by Gasteiger charge is -2.16. The molecule has 0 bridgehead atoms. The van der Waals surface area contributed by atoms with E-state index in [1.54, 1.807) is 14.0 Å². The van der Waals surface area contributed by atoms with E-state index in [1.807, 2.05) is 4.90 Å². The Balaban J connectivity index is 2.21. The van der Waals surface area contributed by atoms with Crippen molar-refractivity contribution in [2.45, 2.75) is 32.6 Å². The predicted octanol–water partition coefficient (Wildman–Crippen LogP) is 2.96. The third kappa shape index (κ3) is 8.57. The molecule has 7 heteroatoms. The number of nitrogens with one attached hydrogen (secondary N) is 1. The molecule has 0 atom stereocenters. The number of hydrogen-bond donors (Lipinski definition) is 1. The summed E-state index contributed by atoms with van der Waals surface area (Å²) in [7, 11) is 1.79. The summed E-state index contributed by atoms with van der Waals surface area (Å²) in [6, 6.07) is 2.88. The highest BCUT2D eigenvalue weighted by atomic mass is 19.1. The third-order valence-corrected chi connectivity index (χ3v) is 3.29. The molecule has 1 N–H and O–H groups in total. The number of carbonyl (C=O) groups excluding carboxylic acids is 2. The highest BCUT2D eigenvalue weighted by Crippen LogP contribution is 2.12. The number of hydrogen-bond acceptors (Lipinski definition) is 4. The largest absolute Gasteiger partial charge is 0.466 e. The zero-order valence-electron chi connectivity index (χ0n) is 14.1. The van der Waals surface area contributed by atoms with Crippen molar-refractivity contribution in [2.24, 2.45) is 0 Å². The van der Waals surface area contributed by atoms with Crippen molar-refractivity contribution in [1.29, 1.82) is 0 Å². The Morgan fingerprint density at radius 2 is 1.79 bits per heavy atom. The molecule has 1 rings (SSSR count). The number of likely N-dealkylation sites (N-methyl/N-ethyl adjacent to an activating group) is 1. The van der Waals surface area contributed by atoms with E-state index in [9.17, 15) is 18.4 Å². The van der Waals surface area contributed by atoms with Gasteiger partial charge in [0, 0.05) is 18.2 Å². The molecule has 0 saturated heterocycles. The second-order valence-electron chi connectivity index (χ2n) is 5.56. The molecule has 1 amide bonds. The summed E-state index contributed by atoms with van der Waals surface area (Å²) >= 11 is 0. The van der Waals surface area contributed by atoms with E-state index in [-0.39, 0.29) is 24.1 Å². The fourth-order valence-electron chi connectivity index (χ4n) is 2.21. The van der Waals surface area contributed by atoms with Gasteiger partial charge in [0.15, 0.2) is 0 Å². The minimum Gasteiger partial charge on any atom is -0.466 e. The molecule has 5 nitrogen and oxygen atoms in total. The fourth-order valence-corrected chi connectivity index (χ4v) is 2.21. The summed E-state index contributed by atoms with van der Waals surface area (Å²) in [4.78, 5) is 24.8. The highest BCUT2D eigenvalue weighted by molar-refractivity contribution is 5.92. The van der Waals surface area contributed by atoms with Crippen LogP contribution in [0.15, 0.2) is 18.2 Å². The van der Waals surface area contributed by atoms with Gasteiger partial charge in [-0.05, 0) is 45.5 Å². The number of ether oxygens (including phenoxy) is 1. The van der Waals surface area contributed by atoms with Crippen LogP contribution in [0, 0.1) is 11.6 Å². The van der Waals surface area contributed by atoms with Crippen LogP contribution >= 0.6 is 0 Å². The number of nitrogens with zero attached hydrogens (tertiary/aromatic N) is 1. The third-order valence-electron chi connectivity index (χ3n) is 3.29. The van der Waals surface area contributed by atoms with Crippen molar-refractivity contribution in [1.82, 2.24) is 4.90 Å². The Hall–Kier alpha value is -2.02. The Morgan fingerprint density at radius 1 is 1.12 bits per heavy atom. The first kappa shape index (κ1) is 20.0. The summed E-state index contributed by atoms with van der Waals surface area (Å²) < 4.78 is 30.9. The van der Waals surface area contributed by atoms with Gasteiger partial charge in [-0.25, -0.2) is 8.78 Å². The van der Waals surface area contributed by atoms with Crippen LogP contribution < -0.4 is 5.32 Å². The quantitative estimate of drug-likeness (QED) is 0.525. The monoisotopic (exact) mass is 342 g/mol. The molecule has 1 aromatic carbocycles. The standard InChI is InChI=1S/C17H24F2N2O3/c1-3-24-17(23)7-5-4-6-8-21(2)12-16(22)20-15-10-13(18)9-14(19)11-15/h9-11H,3-8,12H2,1-2H3,(H,20,22). The van der Waals surface area contributed by atoms with Crippen molar-refractivity contribution in [3.05, 3.63) is 29.8 Å². The second kappa shape index (κ2) is 10.7. The topological polar surface area (TPSA) is 58.6 Å². The van der Waals surface area contributed by atoms with Crippen molar-refractivity contribution in [3.63, 3.8) is 0 Å². The Bertz CT molecular complexity index is 532. The van der Waals surface area contributed by atoms with Gasteiger partial charge >= 0.3 is 5.97 Å². The van der Waals surface area contributed by atoms with Crippen LogP contribution in [-0.2, 0) is 14.3 Å². The van der Waals surface area contributed by atoms with Gasteiger partial charge in [-0.1, -0.05) is 6.42 Å². The van der Waals surface area contributed by atoms with E-state index in [0.717, 1.165) is 37.5 Å². The molecule has 1 aromatic rings. The number of halogens is 2. The number of esters is 1. The summed E-state index contributed by atoms with van der Waals surface area (Å²) in [5, 5.41) is 2.46. The van der Waals surface area contributed by atoms with Gasteiger partial charge in [0.05, 0.1) is 13.2 Å². The summed E-state index contributed by atoms with van der Waals surface area (Å²) in [6.45, 7) is 2.98. The molecule has 134 valence electrons. The molecular formula is C17H24F2N2O3. The molecule has 0 aliphatic rings. The lowest BCUT2D eigenvalue weighted by Crippen LogP contribution is -2.31. The number of carbonyl (C=O) groups is 2. The van der Waals surface area contributed by atoms with E-state index in [0.29, 0.717) is 19.6 Å². The van der Waals surface area contributed by atoms with Crippen LogP contribution in [0.1, 0.15) is 32.6 Å². The molecule has 0 aliphatic heterocycles. The van der Waals surface area contributed by atoms with E-state index in [1.165, 1.54) is 0 Å². The first-order valence-corrected chi connectivity index (χ1v) is 8.00. The van der Waals surface area contributed by atoms with Gasteiger partial charge in [-0.2, -0.15) is 0 Å². The maximum absolute atomic E-state index is 13.1. The van der Waals surface area contributed by atoms with Crippen LogP contribution in [0.25, 0.3) is 0 Å². The van der Waals surface area contributed by atoms with Crippen LogP contribution in [0.2, 0.25) is 0 Å². The van der Waals surface area contributed by atoms with Crippen molar-refractivity contribution in [3.8, 4) is 0 Å². The van der Waals surface area contributed by atoms with Crippen LogP contribution in [0.4, 0.5) is 14.5 Å². The molecule has 0 unspecified atom stereocenters. The Morgan fingerprint density at radius 3 is 2.42 bits per heavy atom. The number of benzene rings is 1. The molecule has 0 spiro atoms. The average Bonchev–Trinajstić information content (AvgIpc) is 2.45. The van der Waals surface area contributed by atoms with E-state index < -0.39 is 11.6 Å². The van der Waals surface area contributed by atoms with Crippen molar-refractivity contribution >= 4 is 17.6 Å². The molecule has 0 fully saturated rings. The smallest absolute Gasteiger partial charge is 0.305 e. The van der Waals surface area contributed by atoms with E-state index in [4.69, 9.17) is 4.74 Å². The van der Waals surface area contributed by atoms with E-state index in [2.05, 4.69) is 5.32 Å². The summed E-state index contributed by atoms with van der Waals surface area (Å²) in [6.07, 6.45) is 2.86. The first-order chi connectivity index (χ1) is 11.4. The van der Waals surface area contributed by atoms with Gasteiger partial charge in [-0.3, -0.25) is 14.5 Å². The molecule has 24 heavy (non-hydrogen) atoms. The maximum atomic E-state index is 13.1. The summed E-state index contributed by atoms with van der Waals surface area (Å²) in [5.74, 6) is -2.00. The zero-order valence-corrected chi connectivity index (χ0v) is 14.1. The molecule has 0 aromatic heterocycles. The number of anilines is 1. The number of rotatable bonds is 10. The number of unbranched alkanes of at least 4 members (excludes halogenated alkanes) is 2. The van der Waals surface area contributed by atoms with Crippen molar-refractivity contribution < 1.29 is 23.1 Å². The average molecular weight is 342 g/mol. The maximum Gasteiger partial charge on any atom is 0.305 e. The highest BCUT2D eigenvalue weighted by Gasteiger charge is 2.09. The normalized spacial score (nSPS) is 10.7. The van der Waals surface area contributed by atoms with Crippen molar-refractivity contribution in [2.75, 3.05) is 32.1 Å². The second-order valence-corrected chi connectivity index (χ2v) is 5.56.